The standard InChI is InChI=1S/C16H23N5S/c1-20-7-6-18-15(20)14-10-17-5-8-21(14)11-13-9-19-16(22-13)12-3-2-4-12/h6-7,9,12,14,17H,2-5,8,10-11H2,1H3. The summed E-state index contributed by atoms with van der Waals surface area (Å²) in [5.41, 5.74) is 0. The SMILES string of the molecule is Cn1ccnc1C1CNCCN1Cc1cnc(C2CCC2)s1. The van der Waals surface area contributed by atoms with Crippen molar-refractivity contribution in [2.45, 2.75) is 37.8 Å². The van der Waals surface area contributed by atoms with Crippen molar-refractivity contribution < 1.29 is 0 Å². The van der Waals surface area contributed by atoms with E-state index in [-0.39, 0.29) is 0 Å². The zero-order valence-electron chi connectivity index (χ0n) is 13.0. The first-order chi connectivity index (χ1) is 10.8. The van der Waals surface area contributed by atoms with E-state index < -0.39 is 0 Å². The molecule has 1 aliphatic heterocycles. The van der Waals surface area contributed by atoms with Crippen LogP contribution >= 0.6 is 11.3 Å². The first-order valence-corrected chi connectivity index (χ1v) is 8.99. The molecule has 3 heterocycles. The zero-order chi connectivity index (χ0) is 14.9. The summed E-state index contributed by atoms with van der Waals surface area (Å²) in [4.78, 5) is 13.2. The Kier molecular flexibility index (Phi) is 3.98. The van der Waals surface area contributed by atoms with Crippen molar-refractivity contribution in [2.75, 3.05) is 19.6 Å². The molecule has 2 aromatic rings. The second-order valence-corrected chi connectivity index (χ2v) is 7.53. The van der Waals surface area contributed by atoms with Gasteiger partial charge < -0.3 is 9.88 Å². The molecule has 1 aliphatic carbocycles. The number of aromatic nitrogens is 3. The normalized spacial score (nSPS) is 23.6. The molecule has 0 amide bonds. The van der Waals surface area contributed by atoms with Crippen LogP contribution in [0.25, 0.3) is 0 Å². The quantitative estimate of drug-likeness (QED) is 0.940. The van der Waals surface area contributed by atoms with Crippen LogP contribution in [0.5, 0.6) is 0 Å². The number of nitrogens with zero attached hydrogens (tertiary/aromatic N) is 4. The second kappa shape index (κ2) is 6.10. The number of hydrogen-bond acceptors (Lipinski definition) is 5. The number of aryl methyl sites for hydroxylation is 1. The zero-order valence-corrected chi connectivity index (χ0v) is 13.9. The fourth-order valence-electron chi connectivity index (χ4n) is 3.33. The van der Waals surface area contributed by atoms with Crippen LogP contribution in [0.3, 0.4) is 0 Å². The molecule has 2 aliphatic rings. The summed E-state index contributed by atoms with van der Waals surface area (Å²) >= 11 is 1.91. The summed E-state index contributed by atoms with van der Waals surface area (Å²) in [6.07, 6.45) is 10.1. The summed E-state index contributed by atoms with van der Waals surface area (Å²) in [6, 6.07) is 0.350. The number of hydrogen-bond donors (Lipinski definition) is 1. The summed E-state index contributed by atoms with van der Waals surface area (Å²) in [5, 5.41) is 4.85. The summed E-state index contributed by atoms with van der Waals surface area (Å²) in [6.45, 7) is 4.08. The molecule has 2 aromatic heterocycles. The van der Waals surface area contributed by atoms with Gasteiger partial charge in [0.15, 0.2) is 0 Å². The van der Waals surface area contributed by atoms with Crippen LogP contribution in [0.15, 0.2) is 18.6 Å². The fraction of sp³-hybridized carbons (Fsp3) is 0.625. The number of piperazine rings is 1. The first-order valence-electron chi connectivity index (χ1n) is 8.18. The topological polar surface area (TPSA) is 46.0 Å². The molecule has 118 valence electrons. The Labute approximate surface area is 135 Å². The Morgan fingerprint density at radius 1 is 1.36 bits per heavy atom. The molecular formula is C16H23N5S. The Bertz CT molecular complexity index is 630. The smallest absolute Gasteiger partial charge is 0.127 e. The van der Waals surface area contributed by atoms with E-state index in [1.807, 2.05) is 23.7 Å². The lowest BCUT2D eigenvalue weighted by Gasteiger charge is -2.35. The van der Waals surface area contributed by atoms with E-state index in [9.17, 15) is 0 Å². The predicted molar refractivity (Wildman–Crippen MR) is 87.9 cm³/mol. The molecular weight excluding hydrogens is 294 g/mol. The highest BCUT2D eigenvalue weighted by atomic mass is 32.1. The highest BCUT2D eigenvalue weighted by Gasteiger charge is 2.28. The third kappa shape index (κ3) is 2.71. The largest absolute Gasteiger partial charge is 0.337 e. The van der Waals surface area contributed by atoms with Gasteiger partial charge in [0.05, 0.1) is 11.0 Å². The third-order valence-corrected chi connectivity index (χ3v) is 6.04. The minimum absolute atomic E-state index is 0.350. The van der Waals surface area contributed by atoms with E-state index in [2.05, 4.69) is 38.0 Å². The molecule has 0 bridgehead atoms. The Balaban J connectivity index is 1.49. The van der Waals surface area contributed by atoms with Gasteiger partial charge in [-0.1, -0.05) is 6.42 Å². The molecule has 4 rings (SSSR count). The van der Waals surface area contributed by atoms with Crippen LogP contribution in [0.4, 0.5) is 0 Å². The highest BCUT2D eigenvalue weighted by Crippen LogP contribution is 2.38. The second-order valence-electron chi connectivity index (χ2n) is 6.38. The number of nitrogens with one attached hydrogen (secondary N) is 1. The van der Waals surface area contributed by atoms with Crippen LogP contribution in [-0.2, 0) is 13.6 Å². The minimum Gasteiger partial charge on any atom is -0.337 e. The molecule has 1 atom stereocenters. The van der Waals surface area contributed by atoms with Gasteiger partial charge in [-0.2, -0.15) is 0 Å². The van der Waals surface area contributed by atoms with E-state index in [1.54, 1.807) is 0 Å². The molecule has 6 heteroatoms. The van der Waals surface area contributed by atoms with Gasteiger partial charge in [0, 0.05) is 62.6 Å². The summed E-state index contributed by atoms with van der Waals surface area (Å²) in [5.74, 6) is 1.89. The van der Waals surface area contributed by atoms with Crippen molar-refractivity contribution in [1.82, 2.24) is 24.8 Å². The molecule has 0 spiro atoms. The maximum Gasteiger partial charge on any atom is 0.127 e. The van der Waals surface area contributed by atoms with E-state index >= 15 is 0 Å². The molecule has 22 heavy (non-hydrogen) atoms. The van der Waals surface area contributed by atoms with E-state index in [1.165, 1.54) is 29.1 Å². The number of thiazole rings is 1. The lowest BCUT2D eigenvalue weighted by atomic mass is 9.86. The van der Waals surface area contributed by atoms with E-state index in [4.69, 9.17) is 0 Å². The van der Waals surface area contributed by atoms with Crippen molar-refractivity contribution in [1.29, 1.82) is 0 Å². The number of imidazole rings is 1. The van der Waals surface area contributed by atoms with Crippen molar-refractivity contribution in [2.24, 2.45) is 7.05 Å². The van der Waals surface area contributed by atoms with Gasteiger partial charge in [0.1, 0.15) is 5.82 Å². The summed E-state index contributed by atoms with van der Waals surface area (Å²) in [7, 11) is 2.08. The third-order valence-electron chi connectivity index (χ3n) is 4.90. The maximum absolute atomic E-state index is 4.66. The first kappa shape index (κ1) is 14.4. The molecule has 5 nitrogen and oxygen atoms in total. The lowest BCUT2D eigenvalue weighted by Crippen LogP contribution is -2.46. The molecule has 0 aromatic carbocycles. The van der Waals surface area contributed by atoms with Crippen LogP contribution in [0, 0.1) is 0 Å². The van der Waals surface area contributed by atoms with Crippen molar-refractivity contribution in [3.63, 3.8) is 0 Å². The van der Waals surface area contributed by atoms with Crippen molar-refractivity contribution >= 4 is 11.3 Å². The summed E-state index contributed by atoms with van der Waals surface area (Å²) < 4.78 is 2.14. The van der Waals surface area contributed by atoms with Crippen molar-refractivity contribution in [3.05, 3.63) is 34.3 Å². The van der Waals surface area contributed by atoms with Crippen molar-refractivity contribution in [3.8, 4) is 0 Å². The molecule has 1 saturated carbocycles. The minimum atomic E-state index is 0.350. The molecule has 2 fully saturated rings. The van der Waals surface area contributed by atoms with Crippen LogP contribution < -0.4 is 5.32 Å². The average molecular weight is 317 g/mol. The Morgan fingerprint density at radius 3 is 3.00 bits per heavy atom. The van der Waals surface area contributed by atoms with E-state index in [0.717, 1.165) is 37.9 Å². The molecule has 0 radical (unpaired) electrons. The van der Waals surface area contributed by atoms with Gasteiger partial charge in [-0.25, -0.2) is 9.97 Å². The number of rotatable bonds is 4. The van der Waals surface area contributed by atoms with Crippen LogP contribution in [-0.4, -0.2) is 39.1 Å². The Morgan fingerprint density at radius 2 is 2.27 bits per heavy atom. The monoisotopic (exact) mass is 317 g/mol. The predicted octanol–water partition coefficient (Wildman–Crippen LogP) is 2.29. The van der Waals surface area contributed by atoms with Gasteiger partial charge in [-0.05, 0) is 12.8 Å². The van der Waals surface area contributed by atoms with Crippen LogP contribution in [0.2, 0.25) is 0 Å². The van der Waals surface area contributed by atoms with E-state index in [0.29, 0.717) is 6.04 Å². The average Bonchev–Trinajstić information content (AvgIpc) is 3.07. The van der Waals surface area contributed by atoms with Gasteiger partial charge in [-0.3, -0.25) is 4.90 Å². The Hall–Kier alpha value is -1.24. The highest BCUT2D eigenvalue weighted by molar-refractivity contribution is 7.11. The molecule has 1 unspecified atom stereocenters. The fourth-order valence-corrected chi connectivity index (χ4v) is 4.44. The molecule has 1 N–H and O–H groups in total. The van der Waals surface area contributed by atoms with Gasteiger partial charge in [0.2, 0.25) is 0 Å². The van der Waals surface area contributed by atoms with Gasteiger partial charge in [0.25, 0.3) is 0 Å². The van der Waals surface area contributed by atoms with Crippen LogP contribution in [0.1, 0.15) is 46.9 Å². The lowest BCUT2D eigenvalue weighted by molar-refractivity contribution is 0.146. The maximum atomic E-state index is 4.66. The van der Waals surface area contributed by atoms with Gasteiger partial charge in [-0.15, -0.1) is 11.3 Å². The molecule has 1 saturated heterocycles. The van der Waals surface area contributed by atoms with Gasteiger partial charge >= 0.3 is 0 Å².